The summed E-state index contributed by atoms with van der Waals surface area (Å²) in [5.74, 6) is 1.96. The van der Waals surface area contributed by atoms with E-state index in [0.29, 0.717) is 17.5 Å². The molecule has 0 atom stereocenters. The van der Waals surface area contributed by atoms with E-state index in [2.05, 4.69) is 164 Å². The maximum atomic E-state index is 5.21. The Labute approximate surface area is 331 Å². The van der Waals surface area contributed by atoms with Crippen molar-refractivity contribution in [1.29, 1.82) is 0 Å². The van der Waals surface area contributed by atoms with Gasteiger partial charge in [0.2, 0.25) is 0 Å². The molecule has 262 valence electrons. The second-order valence-corrected chi connectivity index (χ2v) is 16.1. The molecule has 0 unspecified atom stereocenters. The Bertz CT molecular complexity index is 3240. The Hall–Kier alpha value is -6.79. The van der Waals surface area contributed by atoms with Gasteiger partial charge in [0.25, 0.3) is 0 Å². The van der Waals surface area contributed by atoms with E-state index in [4.69, 9.17) is 15.0 Å². The number of aromatic nitrogens is 3. The van der Waals surface area contributed by atoms with Crippen molar-refractivity contribution in [1.82, 2.24) is 15.0 Å². The number of thiophene rings is 2. The second-order valence-electron chi connectivity index (χ2n) is 14.0. The molecular formula is C51H31N3S2. The fourth-order valence-corrected chi connectivity index (χ4v) is 10.2. The van der Waals surface area contributed by atoms with Gasteiger partial charge in [-0.1, -0.05) is 152 Å². The zero-order chi connectivity index (χ0) is 37.0. The van der Waals surface area contributed by atoms with Crippen LogP contribution in [0.5, 0.6) is 0 Å². The summed E-state index contributed by atoms with van der Waals surface area (Å²) in [5, 5.41) is 4.97. The first-order chi connectivity index (χ1) is 27.7. The van der Waals surface area contributed by atoms with E-state index in [0.717, 1.165) is 27.8 Å². The average molecular weight is 750 g/mol. The monoisotopic (exact) mass is 749 g/mol. The summed E-state index contributed by atoms with van der Waals surface area (Å²) >= 11 is 3.70. The Morgan fingerprint density at radius 1 is 0.286 bits per heavy atom. The van der Waals surface area contributed by atoms with Crippen molar-refractivity contribution in [2.24, 2.45) is 0 Å². The quantitative estimate of drug-likeness (QED) is 0.170. The van der Waals surface area contributed by atoms with Crippen LogP contribution in [0.25, 0.3) is 108 Å². The van der Waals surface area contributed by atoms with E-state index in [1.807, 2.05) is 46.9 Å². The van der Waals surface area contributed by atoms with Gasteiger partial charge in [0.05, 0.1) is 0 Å². The molecule has 3 aromatic heterocycles. The predicted octanol–water partition coefficient (Wildman–Crippen LogP) is 14.6. The van der Waals surface area contributed by atoms with Gasteiger partial charge >= 0.3 is 0 Å². The zero-order valence-electron chi connectivity index (χ0n) is 30.1. The molecule has 0 aliphatic carbocycles. The van der Waals surface area contributed by atoms with Crippen LogP contribution in [0, 0.1) is 0 Å². The predicted molar refractivity (Wildman–Crippen MR) is 238 cm³/mol. The van der Waals surface area contributed by atoms with Gasteiger partial charge in [-0.15, -0.1) is 22.7 Å². The largest absolute Gasteiger partial charge is 0.208 e. The van der Waals surface area contributed by atoms with E-state index in [1.54, 1.807) is 0 Å². The number of hydrogen-bond donors (Lipinski definition) is 0. The van der Waals surface area contributed by atoms with Gasteiger partial charge in [-0.25, -0.2) is 15.0 Å². The van der Waals surface area contributed by atoms with Crippen molar-refractivity contribution >= 4 is 63.0 Å². The smallest absolute Gasteiger partial charge is 0.164 e. The van der Waals surface area contributed by atoms with Gasteiger partial charge < -0.3 is 0 Å². The Morgan fingerprint density at radius 2 is 0.893 bits per heavy atom. The molecule has 0 fully saturated rings. The molecule has 11 rings (SSSR count). The lowest BCUT2D eigenvalue weighted by Crippen LogP contribution is -2.00. The molecule has 0 spiro atoms. The molecule has 0 N–H and O–H groups in total. The van der Waals surface area contributed by atoms with Crippen LogP contribution >= 0.6 is 22.7 Å². The first-order valence-electron chi connectivity index (χ1n) is 18.7. The van der Waals surface area contributed by atoms with Crippen LogP contribution in [0.15, 0.2) is 188 Å². The van der Waals surface area contributed by atoms with E-state index in [-0.39, 0.29) is 0 Å². The first kappa shape index (κ1) is 32.6. The summed E-state index contributed by atoms with van der Waals surface area (Å²) in [6.07, 6.45) is 0. The molecule has 0 saturated heterocycles. The van der Waals surface area contributed by atoms with Crippen molar-refractivity contribution in [3.8, 4) is 67.5 Å². The third-order valence-corrected chi connectivity index (χ3v) is 12.9. The van der Waals surface area contributed by atoms with Crippen molar-refractivity contribution in [2.45, 2.75) is 0 Å². The van der Waals surface area contributed by atoms with Gasteiger partial charge in [0, 0.05) is 62.6 Å². The van der Waals surface area contributed by atoms with Gasteiger partial charge in [-0.2, -0.15) is 0 Å². The number of nitrogens with zero attached hydrogens (tertiary/aromatic N) is 3. The fourth-order valence-electron chi connectivity index (χ4n) is 7.83. The minimum absolute atomic E-state index is 0.649. The SMILES string of the molecule is c1ccc(-c2cccc(-c3nc(-c4ccccc4)nc(-c4cccc5sc6cc(-c7cc(-c8ccccc8)cc8c7sc7ccccc78)ccc6c45)n3)c2)cc1. The van der Waals surface area contributed by atoms with Crippen LogP contribution in [0.1, 0.15) is 0 Å². The maximum Gasteiger partial charge on any atom is 0.164 e. The molecule has 11 aromatic rings. The van der Waals surface area contributed by atoms with Crippen LogP contribution in [-0.4, -0.2) is 15.0 Å². The number of hydrogen-bond acceptors (Lipinski definition) is 5. The average Bonchev–Trinajstić information content (AvgIpc) is 3.85. The van der Waals surface area contributed by atoms with Crippen LogP contribution in [0.4, 0.5) is 0 Å². The van der Waals surface area contributed by atoms with Crippen LogP contribution in [-0.2, 0) is 0 Å². The molecule has 3 nitrogen and oxygen atoms in total. The van der Waals surface area contributed by atoms with Crippen molar-refractivity contribution in [2.75, 3.05) is 0 Å². The molecular weight excluding hydrogens is 719 g/mol. The van der Waals surface area contributed by atoms with Crippen molar-refractivity contribution < 1.29 is 0 Å². The van der Waals surface area contributed by atoms with Crippen LogP contribution < -0.4 is 0 Å². The molecule has 0 radical (unpaired) electrons. The third kappa shape index (κ3) is 5.68. The molecule has 56 heavy (non-hydrogen) atoms. The van der Waals surface area contributed by atoms with Crippen molar-refractivity contribution in [3.05, 3.63) is 188 Å². The standard InChI is InChI=1S/C51H31N3S2/c1-4-14-32(15-5-1)35-20-12-21-37(28-35)50-52-49(34-18-8-3-9-19-34)53-51(54-50)41-23-13-25-45-47(41)40-27-26-36(31-46(40)55-45)42-29-38(33-16-6-2-7-17-33)30-43-39-22-10-11-24-44(39)56-48(42)43/h1-31H. The highest BCUT2D eigenvalue weighted by molar-refractivity contribution is 7.26. The lowest BCUT2D eigenvalue weighted by Gasteiger charge is -2.11. The molecule has 0 aliphatic heterocycles. The highest BCUT2D eigenvalue weighted by Crippen LogP contribution is 2.46. The third-order valence-electron chi connectivity index (χ3n) is 10.5. The number of fused-ring (bicyclic) bond motifs is 6. The number of benzene rings is 8. The molecule has 0 aliphatic rings. The second kappa shape index (κ2) is 13.5. The summed E-state index contributed by atoms with van der Waals surface area (Å²) in [5.41, 5.74) is 10.1. The fraction of sp³-hybridized carbons (Fsp3) is 0. The van der Waals surface area contributed by atoms with Crippen LogP contribution in [0.2, 0.25) is 0 Å². The maximum absolute atomic E-state index is 5.21. The van der Waals surface area contributed by atoms with Gasteiger partial charge in [-0.05, 0) is 64.2 Å². The van der Waals surface area contributed by atoms with Crippen LogP contribution in [0.3, 0.4) is 0 Å². The van der Waals surface area contributed by atoms with E-state index < -0.39 is 0 Å². The van der Waals surface area contributed by atoms with E-state index in [9.17, 15) is 0 Å². The Balaban J connectivity index is 1.09. The zero-order valence-corrected chi connectivity index (χ0v) is 31.7. The van der Waals surface area contributed by atoms with Gasteiger partial charge in [0.1, 0.15) is 0 Å². The topological polar surface area (TPSA) is 38.7 Å². The highest BCUT2D eigenvalue weighted by Gasteiger charge is 2.19. The first-order valence-corrected chi connectivity index (χ1v) is 20.3. The molecule has 8 aromatic carbocycles. The number of rotatable bonds is 6. The highest BCUT2D eigenvalue weighted by atomic mass is 32.1. The van der Waals surface area contributed by atoms with Crippen molar-refractivity contribution in [3.63, 3.8) is 0 Å². The molecule has 3 heterocycles. The lowest BCUT2D eigenvalue weighted by molar-refractivity contribution is 1.08. The van der Waals surface area contributed by atoms with Gasteiger partial charge in [-0.3, -0.25) is 0 Å². The summed E-state index contributed by atoms with van der Waals surface area (Å²) in [7, 11) is 0. The van der Waals surface area contributed by atoms with Gasteiger partial charge in [0.15, 0.2) is 17.5 Å². The summed E-state index contributed by atoms with van der Waals surface area (Å²) in [6.45, 7) is 0. The summed E-state index contributed by atoms with van der Waals surface area (Å²) in [4.78, 5) is 15.4. The Kier molecular flexibility index (Phi) is 7.87. The molecule has 0 amide bonds. The molecule has 0 saturated carbocycles. The summed E-state index contributed by atoms with van der Waals surface area (Å²) < 4.78 is 5.06. The minimum Gasteiger partial charge on any atom is -0.208 e. The van der Waals surface area contributed by atoms with E-state index >= 15 is 0 Å². The lowest BCUT2D eigenvalue weighted by atomic mass is 9.95. The molecule has 5 heteroatoms. The minimum atomic E-state index is 0.649. The normalized spacial score (nSPS) is 11.6. The Morgan fingerprint density at radius 3 is 1.68 bits per heavy atom. The molecule has 0 bridgehead atoms. The van der Waals surface area contributed by atoms with E-state index in [1.165, 1.54) is 62.6 Å². The summed E-state index contributed by atoms with van der Waals surface area (Å²) in [6, 6.07) is 66.8.